The van der Waals surface area contributed by atoms with Gasteiger partial charge in [0.05, 0.1) is 32.4 Å². The number of hydrogen-bond donors (Lipinski definition) is 2. The molecule has 2 aliphatic rings. The van der Waals surface area contributed by atoms with Crippen LogP contribution < -0.4 is 15.4 Å². The Morgan fingerprint density at radius 1 is 1.42 bits per heavy atom. The highest BCUT2D eigenvalue weighted by atomic mass is 19.1. The molecule has 5 nitrogen and oxygen atoms in total. The van der Waals surface area contributed by atoms with Gasteiger partial charge < -0.3 is 20.1 Å². The molecule has 0 spiro atoms. The third-order valence-electron chi connectivity index (χ3n) is 4.84. The SMILES string of the molecule is CCNC(=NCC1(C)COC1)NC(C)c1ccc(OCC2CC2)c(F)c1. The molecule has 1 aliphatic carbocycles. The number of nitrogens with zero attached hydrogens (tertiary/aromatic N) is 1. The predicted octanol–water partition coefficient (Wildman–Crippen LogP) is 3.27. The van der Waals surface area contributed by atoms with E-state index in [4.69, 9.17) is 9.47 Å². The van der Waals surface area contributed by atoms with E-state index in [1.165, 1.54) is 12.8 Å². The molecular formula is C20H30FN3O2. The fraction of sp³-hybridized carbons (Fsp3) is 0.650. The molecule has 1 saturated carbocycles. The van der Waals surface area contributed by atoms with Crippen molar-refractivity contribution < 1.29 is 13.9 Å². The first kappa shape index (κ1) is 19.0. The van der Waals surface area contributed by atoms with Gasteiger partial charge in [-0.1, -0.05) is 13.0 Å². The number of rotatable bonds is 8. The van der Waals surface area contributed by atoms with Gasteiger partial charge in [-0.05, 0) is 50.3 Å². The van der Waals surface area contributed by atoms with Gasteiger partial charge in [-0.3, -0.25) is 4.99 Å². The van der Waals surface area contributed by atoms with Gasteiger partial charge in [-0.2, -0.15) is 0 Å². The van der Waals surface area contributed by atoms with E-state index >= 15 is 0 Å². The lowest BCUT2D eigenvalue weighted by Crippen LogP contribution is -2.44. The highest BCUT2D eigenvalue weighted by molar-refractivity contribution is 5.80. The van der Waals surface area contributed by atoms with Gasteiger partial charge in [-0.25, -0.2) is 4.39 Å². The van der Waals surface area contributed by atoms with E-state index < -0.39 is 0 Å². The van der Waals surface area contributed by atoms with Crippen LogP contribution in [0.25, 0.3) is 0 Å². The van der Waals surface area contributed by atoms with Crippen LogP contribution in [0.2, 0.25) is 0 Å². The molecule has 1 aliphatic heterocycles. The van der Waals surface area contributed by atoms with Crippen LogP contribution in [0, 0.1) is 17.2 Å². The summed E-state index contributed by atoms with van der Waals surface area (Å²) in [6, 6.07) is 5.12. The van der Waals surface area contributed by atoms with Gasteiger partial charge in [0.2, 0.25) is 0 Å². The van der Waals surface area contributed by atoms with Crippen LogP contribution in [0.15, 0.2) is 23.2 Å². The summed E-state index contributed by atoms with van der Waals surface area (Å²) < 4.78 is 25.2. The Hall–Kier alpha value is -1.82. The van der Waals surface area contributed by atoms with Crippen molar-refractivity contribution in [3.63, 3.8) is 0 Å². The van der Waals surface area contributed by atoms with E-state index in [1.807, 2.05) is 19.9 Å². The molecule has 1 saturated heterocycles. The Bertz CT molecular complexity index is 642. The van der Waals surface area contributed by atoms with Crippen LogP contribution >= 0.6 is 0 Å². The van der Waals surface area contributed by atoms with E-state index in [0.29, 0.717) is 24.8 Å². The highest BCUT2D eigenvalue weighted by Gasteiger charge is 2.33. The number of guanidine groups is 1. The van der Waals surface area contributed by atoms with Crippen molar-refractivity contribution in [1.29, 1.82) is 0 Å². The number of hydrogen-bond acceptors (Lipinski definition) is 3. The topological polar surface area (TPSA) is 54.9 Å². The van der Waals surface area contributed by atoms with Crippen LogP contribution in [0.5, 0.6) is 5.75 Å². The Labute approximate surface area is 155 Å². The molecule has 1 aromatic carbocycles. The van der Waals surface area contributed by atoms with Crippen LogP contribution in [0.1, 0.15) is 45.2 Å². The normalized spacial score (nSPS) is 20.2. The van der Waals surface area contributed by atoms with Gasteiger partial charge in [0.25, 0.3) is 0 Å². The Kier molecular flexibility index (Phi) is 6.01. The zero-order valence-corrected chi connectivity index (χ0v) is 16.0. The van der Waals surface area contributed by atoms with Crippen molar-refractivity contribution in [2.24, 2.45) is 16.3 Å². The number of ether oxygens (including phenoxy) is 2. The van der Waals surface area contributed by atoms with Gasteiger partial charge in [0.15, 0.2) is 17.5 Å². The van der Waals surface area contributed by atoms with Crippen molar-refractivity contribution in [2.45, 2.75) is 39.7 Å². The fourth-order valence-electron chi connectivity index (χ4n) is 2.82. The molecule has 2 N–H and O–H groups in total. The minimum absolute atomic E-state index is 0.0646. The maximum absolute atomic E-state index is 14.3. The van der Waals surface area contributed by atoms with E-state index in [9.17, 15) is 4.39 Å². The molecule has 3 rings (SSSR count). The first-order valence-corrected chi connectivity index (χ1v) is 9.54. The first-order valence-electron chi connectivity index (χ1n) is 9.54. The molecule has 1 heterocycles. The summed E-state index contributed by atoms with van der Waals surface area (Å²) in [6.07, 6.45) is 2.39. The molecule has 0 aromatic heterocycles. The van der Waals surface area contributed by atoms with Crippen molar-refractivity contribution in [2.75, 3.05) is 32.9 Å². The molecule has 26 heavy (non-hydrogen) atoms. The van der Waals surface area contributed by atoms with Crippen LogP contribution in [0.3, 0.4) is 0 Å². The first-order chi connectivity index (χ1) is 12.5. The lowest BCUT2D eigenvalue weighted by atomic mass is 9.89. The minimum Gasteiger partial charge on any atom is -0.490 e. The Balaban J connectivity index is 1.59. The quantitative estimate of drug-likeness (QED) is 0.550. The minimum atomic E-state index is -0.308. The Morgan fingerprint density at radius 2 is 2.19 bits per heavy atom. The van der Waals surface area contributed by atoms with Crippen LogP contribution in [0.4, 0.5) is 4.39 Å². The summed E-state index contributed by atoms with van der Waals surface area (Å²) in [5.74, 6) is 1.38. The number of halogens is 1. The number of nitrogens with one attached hydrogen (secondary N) is 2. The van der Waals surface area contributed by atoms with Crippen LogP contribution in [-0.4, -0.2) is 38.9 Å². The van der Waals surface area contributed by atoms with Gasteiger partial charge in [-0.15, -0.1) is 0 Å². The second-order valence-electron chi connectivity index (χ2n) is 7.81. The van der Waals surface area contributed by atoms with Gasteiger partial charge in [0.1, 0.15) is 0 Å². The molecule has 1 atom stereocenters. The molecule has 2 fully saturated rings. The average Bonchev–Trinajstić information content (AvgIpc) is 3.41. The summed E-state index contributed by atoms with van der Waals surface area (Å²) in [4.78, 5) is 4.66. The van der Waals surface area contributed by atoms with E-state index in [0.717, 1.165) is 31.3 Å². The third-order valence-corrected chi connectivity index (χ3v) is 4.84. The maximum atomic E-state index is 14.3. The molecule has 144 valence electrons. The van der Waals surface area contributed by atoms with Gasteiger partial charge in [0, 0.05) is 12.0 Å². The Morgan fingerprint density at radius 3 is 2.77 bits per heavy atom. The number of aliphatic imine (C=N–C) groups is 1. The standard InChI is InChI=1S/C20H30FN3O2/c1-4-22-19(23-11-20(3)12-25-13-20)24-14(2)16-7-8-18(17(21)9-16)26-10-15-5-6-15/h7-9,14-15H,4-6,10-13H2,1-3H3,(H2,22,23,24). The van der Waals surface area contributed by atoms with Crippen molar-refractivity contribution in [3.05, 3.63) is 29.6 Å². The smallest absolute Gasteiger partial charge is 0.191 e. The van der Waals surface area contributed by atoms with Gasteiger partial charge >= 0.3 is 0 Å². The van der Waals surface area contributed by atoms with Crippen molar-refractivity contribution in [1.82, 2.24) is 10.6 Å². The van der Waals surface area contributed by atoms with Crippen molar-refractivity contribution in [3.8, 4) is 5.75 Å². The second-order valence-corrected chi connectivity index (χ2v) is 7.81. The maximum Gasteiger partial charge on any atom is 0.191 e. The summed E-state index contributed by atoms with van der Waals surface area (Å²) in [7, 11) is 0. The fourth-order valence-corrected chi connectivity index (χ4v) is 2.82. The van der Waals surface area contributed by atoms with E-state index in [1.54, 1.807) is 12.1 Å². The van der Waals surface area contributed by atoms with Crippen LogP contribution in [-0.2, 0) is 4.74 Å². The van der Waals surface area contributed by atoms with E-state index in [2.05, 4.69) is 22.5 Å². The summed E-state index contributed by atoms with van der Waals surface area (Å²) >= 11 is 0. The monoisotopic (exact) mass is 363 g/mol. The van der Waals surface area contributed by atoms with E-state index in [-0.39, 0.29) is 17.3 Å². The molecule has 6 heteroatoms. The summed E-state index contributed by atoms with van der Waals surface area (Å²) in [5, 5.41) is 6.60. The summed E-state index contributed by atoms with van der Waals surface area (Å²) in [5.41, 5.74) is 0.989. The number of benzene rings is 1. The molecule has 1 aromatic rings. The lowest BCUT2D eigenvalue weighted by Gasteiger charge is -2.36. The average molecular weight is 363 g/mol. The molecular weight excluding hydrogens is 333 g/mol. The molecule has 1 unspecified atom stereocenters. The molecule has 0 bridgehead atoms. The molecule has 0 radical (unpaired) electrons. The third kappa shape index (κ3) is 5.10. The highest BCUT2D eigenvalue weighted by Crippen LogP contribution is 2.31. The lowest BCUT2D eigenvalue weighted by molar-refractivity contribution is -0.0945. The van der Waals surface area contributed by atoms with Crippen molar-refractivity contribution >= 4 is 5.96 Å². The zero-order valence-electron chi connectivity index (χ0n) is 16.0. The second kappa shape index (κ2) is 8.25. The summed E-state index contributed by atoms with van der Waals surface area (Å²) in [6.45, 7) is 9.79. The zero-order chi connectivity index (χ0) is 18.6. The molecule has 0 amide bonds. The predicted molar refractivity (Wildman–Crippen MR) is 101 cm³/mol. The largest absolute Gasteiger partial charge is 0.490 e.